The highest BCUT2D eigenvalue weighted by molar-refractivity contribution is 7.88. The molecule has 0 aliphatic heterocycles. The number of nitrogens with zero attached hydrogens (tertiary/aromatic N) is 1. The van der Waals surface area contributed by atoms with Crippen LogP contribution < -0.4 is 10.0 Å². The summed E-state index contributed by atoms with van der Waals surface area (Å²) in [6.45, 7) is 3.57. The van der Waals surface area contributed by atoms with Crippen molar-refractivity contribution in [3.63, 3.8) is 0 Å². The molecule has 7 heteroatoms. The molecule has 2 N–H and O–H groups in total. The number of rotatable bonds is 6. The van der Waals surface area contributed by atoms with Gasteiger partial charge in [0.15, 0.2) is 0 Å². The molecule has 0 atom stereocenters. The van der Waals surface area contributed by atoms with E-state index in [0.29, 0.717) is 5.56 Å². The Bertz CT molecular complexity index is 643. The maximum atomic E-state index is 11.8. The summed E-state index contributed by atoms with van der Waals surface area (Å²) in [5, 5.41) is 11.4. The second kappa shape index (κ2) is 6.70. The maximum absolute atomic E-state index is 11.8. The van der Waals surface area contributed by atoms with Gasteiger partial charge in [-0.25, -0.2) is 13.1 Å². The summed E-state index contributed by atoms with van der Waals surface area (Å²) >= 11 is 0. The molecule has 0 aromatic heterocycles. The Morgan fingerprint density at radius 1 is 1.29 bits per heavy atom. The molecule has 0 unspecified atom stereocenters. The summed E-state index contributed by atoms with van der Waals surface area (Å²) in [7, 11) is -3.33. The third kappa shape index (κ3) is 6.88. The fourth-order valence-electron chi connectivity index (χ4n) is 1.80. The second-order valence-corrected chi connectivity index (χ2v) is 7.27. The molecule has 1 rings (SSSR count). The van der Waals surface area contributed by atoms with Crippen molar-refractivity contribution in [1.82, 2.24) is 10.0 Å². The molecule has 0 radical (unpaired) electrons. The summed E-state index contributed by atoms with van der Waals surface area (Å²) < 4.78 is 24.8. The van der Waals surface area contributed by atoms with Crippen LogP contribution in [0.3, 0.4) is 0 Å². The van der Waals surface area contributed by atoms with Crippen LogP contribution in [0.15, 0.2) is 24.3 Å². The average Bonchev–Trinajstić information content (AvgIpc) is 2.35. The summed E-state index contributed by atoms with van der Waals surface area (Å²) in [4.78, 5) is 11.8. The highest BCUT2D eigenvalue weighted by Crippen LogP contribution is 2.05. The first kappa shape index (κ1) is 17.1. The minimum atomic E-state index is -3.33. The van der Waals surface area contributed by atoms with E-state index in [4.69, 9.17) is 5.26 Å². The molecule has 6 nitrogen and oxygen atoms in total. The number of hydrogen-bond acceptors (Lipinski definition) is 4. The summed E-state index contributed by atoms with van der Waals surface area (Å²) in [5.74, 6) is -0.205. The van der Waals surface area contributed by atoms with Crippen LogP contribution in [0, 0.1) is 11.3 Å². The van der Waals surface area contributed by atoms with Crippen LogP contribution in [-0.4, -0.2) is 32.7 Å². The van der Waals surface area contributed by atoms with E-state index in [9.17, 15) is 13.2 Å². The number of carbonyl (C=O) groups is 1. The molecule has 1 aromatic rings. The molecular weight excluding hydrogens is 290 g/mol. The summed E-state index contributed by atoms with van der Waals surface area (Å²) in [5.41, 5.74) is 0.575. The van der Waals surface area contributed by atoms with Crippen molar-refractivity contribution in [2.45, 2.75) is 25.8 Å². The highest BCUT2D eigenvalue weighted by atomic mass is 32.2. The molecule has 0 heterocycles. The van der Waals surface area contributed by atoms with Crippen LogP contribution in [0.2, 0.25) is 0 Å². The van der Waals surface area contributed by atoms with Crippen molar-refractivity contribution in [3.8, 4) is 6.07 Å². The first-order valence-electron chi connectivity index (χ1n) is 6.36. The molecular formula is C14H19N3O3S. The van der Waals surface area contributed by atoms with E-state index in [1.165, 1.54) is 0 Å². The Labute approximate surface area is 125 Å². The summed E-state index contributed by atoms with van der Waals surface area (Å²) in [6.07, 6.45) is 1.26. The second-order valence-electron chi connectivity index (χ2n) is 5.52. The molecule has 1 aromatic carbocycles. The molecule has 114 valence electrons. The standard InChI is InChI=1S/C14H19N3O3S/c1-14(2,17-21(3,19)20)10-16-13(18)8-11-4-6-12(9-15)7-5-11/h4-7,17H,8,10H2,1-3H3,(H,16,18). The number of nitriles is 1. The number of benzene rings is 1. The first-order valence-corrected chi connectivity index (χ1v) is 8.25. The van der Waals surface area contributed by atoms with Crippen LogP contribution in [0.25, 0.3) is 0 Å². The molecule has 0 spiro atoms. The molecule has 0 saturated carbocycles. The molecule has 0 fully saturated rings. The number of carbonyl (C=O) groups excluding carboxylic acids is 1. The molecule has 21 heavy (non-hydrogen) atoms. The smallest absolute Gasteiger partial charge is 0.224 e. The van der Waals surface area contributed by atoms with Gasteiger partial charge in [-0.3, -0.25) is 4.79 Å². The quantitative estimate of drug-likeness (QED) is 0.801. The van der Waals surface area contributed by atoms with Gasteiger partial charge in [-0.2, -0.15) is 5.26 Å². The van der Waals surface area contributed by atoms with Crippen LogP contribution in [0.1, 0.15) is 25.0 Å². The first-order chi connectivity index (χ1) is 9.61. The van der Waals surface area contributed by atoms with Crippen LogP contribution in [-0.2, 0) is 21.2 Å². The van der Waals surface area contributed by atoms with E-state index in [1.54, 1.807) is 38.1 Å². The molecule has 0 bridgehead atoms. The Morgan fingerprint density at radius 2 is 1.86 bits per heavy atom. The zero-order chi connectivity index (χ0) is 16.1. The van der Waals surface area contributed by atoms with Crippen molar-refractivity contribution in [3.05, 3.63) is 35.4 Å². The van der Waals surface area contributed by atoms with Crippen LogP contribution in [0.4, 0.5) is 0 Å². The molecule has 0 saturated heterocycles. The van der Waals surface area contributed by atoms with Crippen molar-refractivity contribution in [2.75, 3.05) is 12.8 Å². The van der Waals surface area contributed by atoms with E-state index in [0.717, 1.165) is 11.8 Å². The minimum Gasteiger partial charge on any atom is -0.354 e. The zero-order valence-electron chi connectivity index (χ0n) is 12.3. The number of sulfonamides is 1. The van der Waals surface area contributed by atoms with Gasteiger partial charge in [0, 0.05) is 12.1 Å². The van der Waals surface area contributed by atoms with Gasteiger partial charge in [-0.05, 0) is 31.5 Å². The average molecular weight is 309 g/mol. The lowest BCUT2D eigenvalue weighted by molar-refractivity contribution is -0.120. The van der Waals surface area contributed by atoms with Gasteiger partial charge in [0.2, 0.25) is 15.9 Å². The monoisotopic (exact) mass is 309 g/mol. The van der Waals surface area contributed by atoms with E-state index in [2.05, 4.69) is 10.0 Å². The number of hydrogen-bond donors (Lipinski definition) is 2. The number of nitrogens with one attached hydrogen (secondary N) is 2. The van der Waals surface area contributed by atoms with E-state index in [1.807, 2.05) is 6.07 Å². The Balaban J connectivity index is 2.52. The third-order valence-corrected chi connectivity index (χ3v) is 3.56. The van der Waals surface area contributed by atoms with E-state index in [-0.39, 0.29) is 18.9 Å². The predicted octanol–water partition coefficient (Wildman–Crippen LogP) is 0.545. The van der Waals surface area contributed by atoms with Crippen molar-refractivity contribution < 1.29 is 13.2 Å². The lowest BCUT2D eigenvalue weighted by Crippen LogP contribution is -2.51. The van der Waals surface area contributed by atoms with Crippen LogP contribution in [0.5, 0.6) is 0 Å². The Morgan fingerprint density at radius 3 is 2.33 bits per heavy atom. The zero-order valence-corrected chi connectivity index (χ0v) is 13.1. The van der Waals surface area contributed by atoms with Crippen molar-refractivity contribution in [2.24, 2.45) is 0 Å². The fourth-order valence-corrected chi connectivity index (χ4v) is 2.88. The maximum Gasteiger partial charge on any atom is 0.224 e. The Kier molecular flexibility index (Phi) is 5.47. The molecule has 1 amide bonds. The molecule has 0 aliphatic carbocycles. The van der Waals surface area contributed by atoms with Gasteiger partial charge in [0.25, 0.3) is 0 Å². The van der Waals surface area contributed by atoms with E-state index >= 15 is 0 Å². The Hall–Kier alpha value is -1.91. The lowest BCUT2D eigenvalue weighted by Gasteiger charge is -2.25. The van der Waals surface area contributed by atoms with Gasteiger partial charge < -0.3 is 5.32 Å². The predicted molar refractivity (Wildman–Crippen MR) is 79.9 cm³/mol. The number of amides is 1. The molecule has 0 aliphatic rings. The van der Waals surface area contributed by atoms with Gasteiger partial charge in [0.05, 0.1) is 24.3 Å². The SMILES string of the molecule is CC(C)(CNC(=O)Cc1ccc(C#N)cc1)NS(C)(=O)=O. The lowest BCUT2D eigenvalue weighted by atomic mass is 10.1. The highest BCUT2D eigenvalue weighted by Gasteiger charge is 2.22. The normalized spacial score (nSPS) is 11.7. The van der Waals surface area contributed by atoms with Gasteiger partial charge in [-0.1, -0.05) is 12.1 Å². The van der Waals surface area contributed by atoms with Crippen molar-refractivity contribution in [1.29, 1.82) is 5.26 Å². The van der Waals surface area contributed by atoms with Crippen LogP contribution >= 0.6 is 0 Å². The van der Waals surface area contributed by atoms with E-state index < -0.39 is 15.6 Å². The van der Waals surface area contributed by atoms with Gasteiger partial charge >= 0.3 is 0 Å². The third-order valence-electron chi connectivity index (χ3n) is 2.64. The topological polar surface area (TPSA) is 99.1 Å². The largest absolute Gasteiger partial charge is 0.354 e. The minimum absolute atomic E-state index is 0.181. The van der Waals surface area contributed by atoms with Gasteiger partial charge in [0.1, 0.15) is 0 Å². The van der Waals surface area contributed by atoms with Gasteiger partial charge in [-0.15, -0.1) is 0 Å². The summed E-state index contributed by atoms with van der Waals surface area (Å²) in [6, 6.07) is 8.75. The fraction of sp³-hybridized carbons (Fsp3) is 0.429. The van der Waals surface area contributed by atoms with Crippen molar-refractivity contribution >= 4 is 15.9 Å².